The van der Waals surface area contributed by atoms with Crippen molar-refractivity contribution in [3.8, 4) is 39.1 Å². The molecule has 0 atom stereocenters. The Labute approximate surface area is 360 Å². The van der Waals surface area contributed by atoms with E-state index in [0.717, 1.165) is 28.3 Å². The molecule has 0 fully saturated rings. The molecule has 290 valence electrons. The third kappa shape index (κ3) is 5.96. The second-order valence-corrected chi connectivity index (χ2v) is 16.1. The first-order valence-corrected chi connectivity index (χ1v) is 21.3. The molecule has 0 saturated carbocycles. The molecular weight excluding hydrogens is 749 g/mol. The topological polar surface area (TPSA) is 8.17 Å². The summed E-state index contributed by atoms with van der Waals surface area (Å²) in [6.45, 7) is 0. The Morgan fingerprint density at radius 3 is 1.68 bits per heavy atom. The zero-order chi connectivity index (χ0) is 41.0. The smallest absolute Gasteiger partial charge is 0.0619 e. The lowest BCUT2D eigenvalue weighted by Gasteiger charge is -2.27. The maximum Gasteiger partial charge on any atom is 0.0619 e. The summed E-state index contributed by atoms with van der Waals surface area (Å²) in [4.78, 5) is 2.41. The minimum absolute atomic E-state index is 1.09. The van der Waals surface area contributed by atoms with Gasteiger partial charge in [-0.2, -0.15) is 0 Å². The molecule has 0 aliphatic rings. The van der Waals surface area contributed by atoms with Gasteiger partial charge in [0.1, 0.15) is 0 Å². The van der Waals surface area contributed by atoms with Crippen molar-refractivity contribution in [2.24, 2.45) is 0 Å². The lowest BCUT2D eigenvalue weighted by molar-refractivity contribution is 1.18. The number of hydrogen-bond donors (Lipinski definition) is 0. The van der Waals surface area contributed by atoms with E-state index in [1.807, 2.05) is 0 Å². The van der Waals surface area contributed by atoms with Gasteiger partial charge < -0.3 is 9.47 Å². The lowest BCUT2D eigenvalue weighted by Crippen LogP contribution is -2.10. The van der Waals surface area contributed by atoms with Gasteiger partial charge >= 0.3 is 0 Å². The molecule has 11 aromatic carbocycles. The van der Waals surface area contributed by atoms with Crippen LogP contribution in [0.5, 0.6) is 0 Å². The fourth-order valence-corrected chi connectivity index (χ4v) is 9.72. The van der Waals surface area contributed by atoms with Gasteiger partial charge in [-0.15, -0.1) is 0 Å². The molecular formula is C60H40N2. The summed E-state index contributed by atoms with van der Waals surface area (Å²) < 4.78 is 2.45. The van der Waals surface area contributed by atoms with Crippen LogP contribution >= 0.6 is 0 Å². The number of aromatic nitrogens is 1. The Kier molecular flexibility index (Phi) is 8.53. The van der Waals surface area contributed by atoms with Crippen LogP contribution in [-0.4, -0.2) is 4.57 Å². The molecule has 0 radical (unpaired) electrons. The van der Waals surface area contributed by atoms with E-state index in [1.54, 1.807) is 0 Å². The highest BCUT2D eigenvalue weighted by molar-refractivity contribution is 6.19. The van der Waals surface area contributed by atoms with Crippen molar-refractivity contribution >= 4 is 71.2 Å². The van der Waals surface area contributed by atoms with E-state index in [-0.39, 0.29) is 0 Å². The average Bonchev–Trinajstić information content (AvgIpc) is 3.70. The maximum atomic E-state index is 2.45. The third-order valence-corrected chi connectivity index (χ3v) is 12.5. The minimum atomic E-state index is 1.09. The molecule has 0 bridgehead atoms. The number of fused-ring (bicyclic) bond motifs is 7. The number of rotatable bonds is 7. The van der Waals surface area contributed by atoms with E-state index in [2.05, 4.69) is 252 Å². The second kappa shape index (κ2) is 14.8. The molecule has 1 heterocycles. The average molecular weight is 789 g/mol. The number of benzene rings is 11. The summed E-state index contributed by atoms with van der Waals surface area (Å²) in [5, 5.41) is 9.95. The first-order valence-electron chi connectivity index (χ1n) is 21.3. The fourth-order valence-electron chi connectivity index (χ4n) is 9.72. The molecule has 0 aliphatic heterocycles. The van der Waals surface area contributed by atoms with Crippen LogP contribution in [0.3, 0.4) is 0 Å². The molecule has 0 unspecified atom stereocenters. The van der Waals surface area contributed by atoms with Crippen LogP contribution in [0.15, 0.2) is 243 Å². The highest BCUT2D eigenvalue weighted by Gasteiger charge is 2.21. The van der Waals surface area contributed by atoms with Gasteiger partial charge in [-0.25, -0.2) is 0 Å². The van der Waals surface area contributed by atoms with Crippen LogP contribution in [0, 0.1) is 0 Å². The molecule has 2 nitrogen and oxygen atoms in total. The molecule has 0 amide bonds. The van der Waals surface area contributed by atoms with E-state index >= 15 is 0 Å². The summed E-state index contributed by atoms with van der Waals surface area (Å²) in [6, 6.07) is 88.5. The number of para-hydroxylation sites is 2. The fraction of sp³-hybridized carbons (Fsp3) is 0. The highest BCUT2D eigenvalue weighted by atomic mass is 15.1. The number of nitrogens with zero attached hydrogens (tertiary/aromatic N) is 2. The summed E-state index contributed by atoms with van der Waals surface area (Å²) in [5.41, 5.74) is 14.0. The molecule has 0 saturated heterocycles. The molecule has 0 spiro atoms. The normalized spacial score (nSPS) is 11.5. The summed E-state index contributed by atoms with van der Waals surface area (Å²) in [6.07, 6.45) is 0. The predicted octanol–water partition coefficient (Wildman–Crippen LogP) is 16.7. The Balaban J connectivity index is 1.05. The van der Waals surface area contributed by atoms with Gasteiger partial charge in [-0.05, 0) is 115 Å². The molecule has 0 aliphatic carbocycles. The number of hydrogen-bond acceptors (Lipinski definition) is 1. The Morgan fingerprint density at radius 2 is 0.839 bits per heavy atom. The predicted molar refractivity (Wildman–Crippen MR) is 264 cm³/mol. The summed E-state index contributed by atoms with van der Waals surface area (Å²) in [5.74, 6) is 0. The zero-order valence-corrected chi connectivity index (χ0v) is 34.0. The Morgan fingerprint density at radius 1 is 0.290 bits per heavy atom. The first-order chi connectivity index (χ1) is 30.8. The van der Waals surface area contributed by atoms with Gasteiger partial charge in [0.25, 0.3) is 0 Å². The first kappa shape index (κ1) is 35.7. The molecule has 62 heavy (non-hydrogen) atoms. The lowest BCUT2D eigenvalue weighted by atomic mass is 9.96. The zero-order valence-electron chi connectivity index (χ0n) is 34.0. The van der Waals surface area contributed by atoms with Crippen LogP contribution in [0.25, 0.3) is 93.2 Å². The quantitative estimate of drug-likeness (QED) is 0.146. The van der Waals surface area contributed by atoms with Crippen molar-refractivity contribution in [3.05, 3.63) is 243 Å². The van der Waals surface area contributed by atoms with Crippen LogP contribution in [0.1, 0.15) is 0 Å². The van der Waals surface area contributed by atoms with Crippen LogP contribution < -0.4 is 4.90 Å². The Bertz CT molecular complexity index is 3620. The maximum absolute atomic E-state index is 2.45. The SMILES string of the molecule is c1ccc(-c2cccc3c4c(-c5cccc(N(c6ccc(-c7cccc8ccccc78)cc6)c6ccc7c(ccc8ccccc87)c6)c5)cccc4n(-c4ccccc4)c23)cc1. The molecule has 0 N–H and O–H groups in total. The highest BCUT2D eigenvalue weighted by Crippen LogP contribution is 2.45. The number of anilines is 3. The van der Waals surface area contributed by atoms with Crippen molar-refractivity contribution in [2.45, 2.75) is 0 Å². The molecule has 2 heteroatoms. The largest absolute Gasteiger partial charge is 0.310 e. The van der Waals surface area contributed by atoms with Gasteiger partial charge in [-0.3, -0.25) is 0 Å². The summed E-state index contributed by atoms with van der Waals surface area (Å²) in [7, 11) is 0. The van der Waals surface area contributed by atoms with E-state index in [9.17, 15) is 0 Å². The second-order valence-electron chi connectivity index (χ2n) is 16.1. The van der Waals surface area contributed by atoms with Gasteiger partial charge in [-0.1, -0.05) is 188 Å². The standard InChI is InChI=1S/C60H40N2/c1-3-15-42(16-4-1)56-28-13-29-57-59-55(27-14-30-58(59)62(60(56)57)47-21-5-2-6-22-47)45-20-11-23-49(39-45)61(50-37-38-54-46(40-50)32-31-43-18-8-10-25-52(43)54)48-35-33-44(34-36-48)53-26-12-19-41-17-7-9-24-51(41)53/h1-40H. The van der Waals surface area contributed by atoms with Crippen molar-refractivity contribution in [1.29, 1.82) is 0 Å². The van der Waals surface area contributed by atoms with Crippen molar-refractivity contribution in [2.75, 3.05) is 4.90 Å². The van der Waals surface area contributed by atoms with Crippen molar-refractivity contribution in [3.63, 3.8) is 0 Å². The molecule has 12 rings (SSSR count). The van der Waals surface area contributed by atoms with Crippen LogP contribution in [-0.2, 0) is 0 Å². The van der Waals surface area contributed by atoms with E-state index in [1.165, 1.54) is 81.9 Å². The van der Waals surface area contributed by atoms with Gasteiger partial charge in [0.05, 0.1) is 11.0 Å². The third-order valence-electron chi connectivity index (χ3n) is 12.5. The van der Waals surface area contributed by atoms with E-state index < -0.39 is 0 Å². The van der Waals surface area contributed by atoms with E-state index in [0.29, 0.717) is 0 Å². The summed E-state index contributed by atoms with van der Waals surface area (Å²) >= 11 is 0. The van der Waals surface area contributed by atoms with E-state index in [4.69, 9.17) is 0 Å². The van der Waals surface area contributed by atoms with Crippen LogP contribution in [0.2, 0.25) is 0 Å². The Hall–Kier alpha value is -8.20. The van der Waals surface area contributed by atoms with Gasteiger partial charge in [0.15, 0.2) is 0 Å². The monoisotopic (exact) mass is 788 g/mol. The van der Waals surface area contributed by atoms with Crippen LogP contribution in [0.4, 0.5) is 17.1 Å². The van der Waals surface area contributed by atoms with Gasteiger partial charge in [0.2, 0.25) is 0 Å². The van der Waals surface area contributed by atoms with Crippen molar-refractivity contribution in [1.82, 2.24) is 4.57 Å². The van der Waals surface area contributed by atoms with Crippen molar-refractivity contribution < 1.29 is 0 Å². The molecule has 1 aromatic heterocycles. The minimum Gasteiger partial charge on any atom is -0.310 e. The van der Waals surface area contributed by atoms with Gasteiger partial charge in [0, 0.05) is 39.1 Å². The molecule has 12 aromatic rings.